The average molecular weight is 462 g/mol. The first-order chi connectivity index (χ1) is 17.1. The number of nitrogens with one attached hydrogen (secondary N) is 1. The molecule has 0 spiro atoms. The fraction of sp³-hybridized carbons (Fsp3) is 0.138. The number of carbonyl (C=O) groups is 2. The Kier molecular flexibility index (Phi) is 5.07. The zero-order valence-corrected chi connectivity index (χ0v) is 19.4. The maximum atomic E-state index is 13.2. The van der Waals surface area contributed by atoms with Gasteiger partial charge in [-0.25, -0.2) is 4.57 Å². The molecule has 0 radical (unpaired) electrons. The van der Waals surface area contributed by atoms with E-state index >= 15 is 0 Å². The standard InChI is InChI=1S/C29H24N4O2/c1-31-18-22(20-10-3-5-12-24(20)31)26-27(29(35)30-28(26)34)23-19-33(25-13-6-4-11-21(23)25)17-9-16-32-14-7-2-8-15-32/h2-8,10-15,18-19H,9,16-17H2,1H3/p+1. The van der Waals surface area contributed by atoms with Crippen molar-refractivity contribution in [1.29, 1.82) is 0 Å². The highest BCUT2D eigenvalue weighted by Crippen LogP contribution is 2.38. The number of amides is 2. The number of para-hydroxylation sites is 2. The lowest BCUT2D eigenvalue weighted by Gasteiger charge is -2.03. The number of carbonyl (C=O) groups excluding carboxylic acids is 2. The van der Waals surface area contributed by atoms with Crippen LogP contribution in [0.1, 0.15) is 17.5 Å². The molecule has 0 unspecified atom stereocenters. The molecule has 6 nitrogen and oxygen atoms in total. The van der Waals surface area contributed by atoms with E-state index in [0.29, 0.717) is 11.1 Å². The van der Waals surface area contributed by atoms with Crippen molar-refractivity contribution in [2.75, 3.05) is 0 Å². The summed E-state index contributed by atoms with van der Waals surface area (Å²) in [5, 5.41) is 4.48. The topological polar surface area (TPSA) is 59.9 Å². The Morgan fingerprint density at radius 2 is 1.34 bits per heavy atom. The number of hydrogen-bond donors (Lipinski definition) is 1. The van der Waals surface area contributed by atoms with Crippen molar-refractivity contribution in [2.45, 2.75) is 19.5 Å². The zero-order chi connectivity index (χ0) is 23.9. The highest BCUT2D eigenvalue weighted by molar-refractivity contribution is 6.50. The molecule has 1 N–H and O–H groups in total. The van der Waals surface area contributed by atoms with Gasteiger partial charge in [0.15, 0.2) is 12.4 Å². The smallest absolute Gasteiger partial charge is 0.259 e. The Balaban J connectivity index is 1.47. The lowest BCUT2D eigenvalue weighted by Crippen LogP contribution is -2.32. The van der Waals surface area contributed by atoms with Gasteiger partial charge in [0, 0.05) is 77.5 Å². The fourth-order valence-electron chi connectivity index (χ4n) is 5.15. The van der Waals surface area contributed by atoms with Gasteiger partial charge in [0.2, 0.25) is 0 Å². The molecule has 0 bridgehead atoms. The van der Waals surface area contributed by atoms with Gasteiger partial charge in [-0.15, -0.1) is 0 Å². The Morgan fingerprint density at radius 1 is 0.743 bits per heavy atom. The third-order valence-electron chi connectivity index (χ3n) is 6.75. The normalized spacial score (nSPS) is 13.9. The molecule has 0 saturated heterocycles. The number of benzene rings is 2. The van der Waals surface area contributed by atoms with Crippen molar-refractivity contribution in [3.05, 3.63) is 103 Å². The number of imide groups is 1. The van der Waals surface area contributed by atoms with E-state index in [-0.39, 0.29) is 11.8 Å². The van der Waals surface area contributed by atoms with Crippen LogP contribution in [0.5, 0.6) is 0 Å². The molecular weight excluding hydrogens is 436 g/mol. The van der Waals surface area contributed by atoms with Gasteiger partial charge >= 0.3 is 0 Å². The second kappa shape index (κ2) is 8.40. The van der Waals surface area contributed by atoms with Crippen LogP contribution in [0.4, 0.5) is 0 Å². The number of pyridine rings is 1. The summed E-state index contributed by atoms with van der Waals surface area (Å²) in [4.78, 5) is 26.2. The van der Waals surface area contributed by atoms with Crippen molar-refractivity contribution < 1.29 is 14.2 Å². The zero-order valence-electron chi connectivity index (χ0n) is 19.4. The van der Waals surface area contributed by atoms with E-state index in [0.717, 1.165) is 52.4 Å². The van der Waals surface area contributed by atoms with Crippen LogP contribution in [0.25, 0.3) is 33.0 Å². The average Bonchev–Trinajstić information content (AvgIpc) is 3.50. The molecule has 1 aliphatic rings. The van der Waals surface area contributed by atoms with E-state index in [1.54, 1.807) is 0 Å². The van der Waals surface area contributed by atoms with Gasteiger partial charge in [0.1, 0.15) is 6.54 Å². The van der Waals surface area contributed by atoms with E-state index in [9.17, 15) is 9.59 Å². The number of aromatic nitrogens is 3. The minimum absolute atomic E-state index is 0.347. The lowest BCUT2D eigenvalue weighted by molar-refractivity contribution is -0.697. The molecule has 5 aromatic rings. The van der Waals surface area contributed by atoms with Crippen LogP contribution < -0.4 is 9.88 Å². The van der Waals surface area contributed by atoms with E-state index in [1.807, 2.05) is 84.7 Å². The summed E-state index contributed by atoms with van der Waals surface area (Å²) in [5.41, 5.74) is 4.52. The van der Waals surface area contributed by atoms with Crippen LogP contribution in [0.3, 0.4) is 0 Å². The molecular formula is C29H25N4O2+. The molecule has 4 heterocycles. The van der Waals surface area contributed by atoms with Crippen molar-refractivity contribution >= 4 is 44.8 Å². The van der Waals surface area contributed by atoms with Gasteiger partial charge in [0.05, 0.1) is 11.1 Å². The largest absolute Gasteiger partial charge is 0.350 e. The van der Waals surface area contributed by atoms with E-state index in [2.05, 4.69) is 32.9 Å². The van der Waals surface area contributed by atoms with Crippen molar-refractivity contribution in [3.8, 4) is 0 Å². The van der Waals surface area contributed by atoms with E-state index in [4.69, 9.17) is 0 Å². The van der Waals surface area contributed by atoms with Crippen molar-refractivity contribution in [2.24, 2.45) is 7.05 Å². The van der Waals surface area contributed by atoms with Crippen molar-refractivity contribution in [3.63, 3.8) is 0 Å². The number of aryl methyl sites for hydroxylation is 3. The first-order valence-electron chi connectivity index (χ1n) is 11.8. The Labute approximate surface area is 202 Å². The molecule has 3 aromatic heterocycles. The minimum Gasteiger partial charge on any atom is -0.350 e. The summed E-state index contributed by atoms with van der Waals surface area (Å²) >= 11 is 0. The van der Waals surface area contributed by atoms with Gasteiger partial charge in [-0.05, 0) is 12.1 Å². The van der Waals surface area contributed by atoms with Crippen LogP contribution >= 0.6 is 0 Å². The first-order valence-corrected chi connectivity index (χ1v) is 11.8. The van der Waals surface area contributed by atoms with E-state index < -0.39 is 0 Å². The second-order valence-electron chi connectivity index (χ2n) is 8.92. The van der Waals surface area contributed by atoms with Gasteiger partial charge < -0.3 is 9.13 Å². The molecule has 2 aromatic carbocycles. The second-order valence-corrected chi connectivity index (χ2v) is 8.92. The maximum absolute atomic E-state index is 13.2. The minimum atomic E-state index is -0.348. The predicted octanol–water partition coefficient (Wildman–Crippen LogP) is 4.08. The molecule has 0 aliphatic carbocycles. The maximum Gasteiger partial charge on any atom is 0.259 e. The highest BCUT2D eigenvalue weighted by Gasteiger charge is 2.35. The number of nitrogens with zero attached hydrogens (tertiary/aromatic N) is 3. The van der Waals surface area contributed by atoms with Crippen LogP contribution in [0.2, 0.25) is 0 Å². The molecule has 0 fully saturated rings. The van der Waals surface area contributed by atoms with Crippen LogP contribution in [-0.4, -0.2) is 20.9 Å². The molecule has 1 aliphatic heterocycles. The fourth-order valence-corrected chi connectivity index (χ4v) is 5.15. The van der Waals surface area contributed by atoms with E-state index in [1.165, 1.54) is 0 Å². The van der Waals surface area contributed by atoms with Gasteiger partial charge in [-0.1, -0.05) is 42.5 Å². The van der Waals surface area contributed by atoms with Gasteiger partial charge in [0.25, 0.3) is 11.8 Å². The Morgan fingerprint density at radius 3 is 2.06 bits per heavy atom. The quantitative estimate of drug-likeness (QED) is 0.306. The Bertz CT molecular complexity index is 1640. The SMILES string of the molecule is Cn1cc(C2=C(c3cn(CCC[n+]4ccccc4)c4ccccc34)C(=O)NC2=O)c2ccccc21. The van der Waals surface area contributed by atoms with Crippen molar-refractivity contribution in [1.82, 2.24) is 14.5 Å². The number of rotatable bonds is 6. The molecule has 6 heteroatoms. The number of fused-ring (bicyclic) bond motifs is 2. The van der Waals surface area contributed by atoms with Crippen LogP contribution in [-0.2, 0) is 29.7 Å². The summed E-state index contributed by atoms with van der Waals surface area (Å²) in [6.45, 7) is 1.69. The molecule has 6 rings (SSSR count). The number of hydrogen-bond acceptors (Lipinski definition) is 2. The summed E-state index contributed by atoms with van der Waals surface area (Å²) in [5.74, 6) is -0.695. The monoisotopic (exact) mass is 461 g/mol. The summed E-state index contributed by atoms with van der Waals surface area (Å²) in [7, 11) is 1.96. The summed E-state index contributed by atoms with van der Waals surface area (Å²) in [6, 6.07) is 22.1. The van der Waals surface area contributed by atoms with Crippen LogP contribution in [0, 0.1) is 0 Å². The molecule has 35 heavy (non-hydrogen) atoms. The molecule has 0 saturated carbocycles. The summed E-state index contributed by atoms with van der Waals surface area (Å²) in [6.07, 6.45) is 9.03. The van der Waals surface area contributed by atoms with Gasteiger partial charge in [-0.3, -0.25) is 14.9 Å². The Hall–Kier alpha value is -4.45. The third-order valence-corrected chi connectivity index (χ3v) is 6.75. The highest BCUT2D eigenvalue weighted by atomic mass is 16.2. The summed E-state index contributed by atoms with van der Waals surface area (Å²) < 4.78 is 6.35. The van der Waals surface area contributed by atoms with Gasteiger partial charge in [-0.2, -0.15) is 0 Å². The molecule has 0 atom stereocenters. The predicted molar refractivity (Wildman–Crippen MR) is 136 cm³/mol. The first kappa shape index (κ1) is 21.1. The van der Waals surface area contributed by atoms with Crippen LogP contribution in [0.15, 0.2) is 91.5 Å². The molecule has 172 valence electrons. The lowest BCUT2D eigenvalue weighted by atomic mass is 9.95. The third kappa shape index (κ3) is 3.54. The molecule has 2 amide bonds.